The van der Waals surface area contributed by atoms with E-state index in [1.54, 1.807) is 0 Å². The van der Waals surface area contributed by atoms with Gasteiger partial charge >= 0.3 is 0 Å². The van der Waals surface area contributed by atoms with Crippen LogP contribution in [0.15, 0.2) is 36.5 Å². The molecule has 0 spiro atoms. The number of nitrogens with one attached hydrogen (secondary N) is 1. The molecule has 0 aliphatic heterocycles. The first kappa shape index (κ1) is 13.9. The molecule has 1 heterocycles. The van der Waals surface area contributed by atoms with Gasteiger partial charge in [0.15, 0.2) is 0 Å². The molecule has 2 aromatic rings. The van der Waals surface area contributed by atoms with E-state index in [0.717, 1.165) is 12.8 Å². The number of aryl methyl sites for hydroxylation is 1. The van der Waals surface area contributed by atoms with Crippen molar-refractivity contribution in [1.29, 1.82) is 0 Å². The Morgan fingerprint density at radius 3 is 2.32 bits per heavy atom. The zero-order valence-corrected chi connectivity index (χ0v) is 12.0. The van der Waals surface area contributed by atoms with Crippen LogP contribution in [-0.4, -0.2) is 16.7 Å². The molecule has 0 saturated heterocycles. The lowest BCUT2D eigenvalue weighted by atomic mass is 9.86. The number of hydrogen-bond donors (Lipinski definition) is 2. The topological polar surface area (TPSA) is 36.0 Å². The molecule has 1 aromatic carbocycles. The van der Waals surface area contributed by atoms with E-state index >= 15 is 0 Å². The fourth-order valence-electron chi connectivity index (χ4n) is 2.29. The lowest BCUT2D eigenvalue weighted by Crippen LogP contribution is -2.10. The third-order valence-electron chi connectivity index (χ3n) is 3.48. The van der Waals surface area contributed by atoms with Crippen LogP contribution < -0.4 is 0 Å². The second-order valence-corrected chi connectivity index (χ2v) is 6.02. The second-order valence-electron chi connectivity index (χ2n) is 6.02. The fourth-order valence-corrected chi connectivity index (χ4v) is 2.29. The molecule has 102 valence electrons. The van der Waals surface area contributed by atoms with E-state index in [4.69, 9.17) is 5.11 Å². The first-order chi connectivity index (χ1) is 9.02. The van der Waals surface area contributed by atoms with E-state index < -0.39 is 0 Å². The molecule has 2 nitrogen and oxygen atoms in total. The third kappa shape index (κ3) is 3.27. The highest BCUT2D eigenvalue weighted by Gasteiger charge is 2.13. The Hall–Kier alpha value is -1.54. The van der Waals surface area contributed by atoms with Crippen LogP contribution in [0.5, 0.6) is 0 Å². The Balaban J connectivity index is 2.25. The Kier molecular flexibility index (Phi) is 4.11. The zero-order valence-electron chi connectivity index (χ0n) is 12.0. The third-order valence-corrected chi connectivity index (χ3v) is 3.48. The van der Waals surface area contributed by atoms with Gasteiger partial charge in [-0.1, -0.05) is 45.0 Å². The first-order valence-corrected chi connectivity index (χ1v) is 6.90. The fraction of sp³-hybridized carbons (Fsp3) is 0.412. The summed E-state index contributed by atoms with van der Waals surface area (Å²) < 4.78 is 0. The molecule has 2 rings (SSSR count). The van der Waals surface area contributed by atoms with Gasteiger partial charge in [-0.15, -0.1) is 0 Å². The predicted octanol–water partition coefficient (Wildman–Crippen LogP) is 3.90. The van der Waals surface area contributed by atoms with Gasteiger partial charge in [0.2, 0.25) is 0 Å². The molecular weight excluding hydrogens is 234 g/mol. The van der Waals surface area contributed by atoms with Gasteiger partial charge in [-0.05, 0) is 35.4 Å². The van der Waals surface area contributed by atoms with E-state index in [0.29, 0.717) is 0 Å². The molecule has 0 aliphatic rings. The van der Waals surface area contributed by atoms with Crippen LogP contribution in [0.2, 0.25) is 0 Å². The SMILES string of the molecule is CC(C)(C)c1ccc(-c2cc[nH]c2CCCO)cc1. The Bertz CT molecular complexity index is 517. The summed E-state index contributed by atoms with van der Waals surface area (Å²) in [5.74, 6) is 0. The summed E-state index contributed by atoms with van der Waals surface area (Å²) in [6.07, 6.45) is 3.66. The summed E-state index contributed by atoms with van der Waals surface area (Å²) in [5.41, 5.74) is 5.23. The Morgan fingerprint density at radius 2 is 1.74 bits per heavy atom. The lowest BCUT2D eigenvalue weighted by molar-refractivity contribution is 0.288. The molecule has 0 atom stereocenters. The maximum Gasteiger partial charge on any atom is 0.0434 e. The Labute approximate surface area is 115 Å². The molecule has 0 radical (unpaired) electrons. The molecule has 0 unspecified atom stereocenters. The molecule has 1 aromatic heterocycles. The number of aliphatic hydroxyl groups excluding tert-OH is 1. The van der Waals surface area contributed by atoms with Crippen LogP contribution in [0.1, 0.15) is 38.4 Å². The summed E-state index contributed by atoms with van der Waals surface area (Å²) >= 11 is 0. The minimum atomic E-state index is 0.191. The quantitative estimate of drug-likeness (QED) is 0.856. The molecule has 2 N–H and O–H groups in total. The second kappa shape index (κ2) is 5.62. The molecule has 2 heteroatoms. The van der Waals surface area contributed by atoms with Crippen molar-refractivity contribution in [3.8, 4) is 11.1 Å². The van der Waals surface area contributed by atoms with E-state index in [1.807, 2.05) is 6.20 Å². The van der Waals surface area contributed by atoms with Gasteiger partial charge in [0.1, 0.15) is 0 Å². The monoisotopic (exact) mass is 257 g/mol. The highest BCUT2D eigenvalue weighted by atomic mass is 16.2. The van der Waals surface area contributed by atoms with Gasteiger partial charge < -0.3 is 10.1 Å². The molecule has 19 heavy (non-hydrogen) atoms. The summed E-state index contributed by atoms with van der Waals surface area (Å²) in [7, 11) is 0. The van der Waals surface area contributed by atoms with Crippen molar-refractivity contribution in [2.24, 2.45) is 0 Å². The van der Waals surface area contributed by atoms with Crippen molar-refractivity contribution in [2.75, 3.05) is 6.61 Å². The minimum Gasteiger partial charge on any atom is -0.396 e. The molecule has 0 fully saturated rings. The summed E-state index contributed by atoms with van der Waals surface area (Å²) in [5, 5.41) is 8.94. The molecule has 0 amide bonds. The van der Waals surface area contributed by atoms with Crippen LogP contribution in [0.3, 0.4) is 0 Å². The number of aliphatic hydroxyl groups is 1. The lowest BCUT2D eigenvalue weighted by Gasteiger charge is -2.19. The number of hydrogen-bond acceptors (Lipinski definition) is 1. The molecule has 0 bridgehead atoms. The van der Waals surface area contributed by atoms with Crippen LogP contribution in [0, 0.1) is 0 Å². The van der Waals surface area contributed by atoms with Gasteiger partial charge in [0, 0.05) is 24.1 Å². The van der Waals surface area contributed by atoms with Gasteiger partial charge in [0.25, 0.3) is 0 Å². The zero-order chi connectivity index (χ0) is 13.9. The number of benzene rings is 1. The van der Waals surface area contributed by atoms with E-state index in [2.05, 4.69) is 56.1 Å². The average Bonchev–Trinajstić information content (AvgIpc) is 2.83. The molecule has 0 saturated carbocycles. The van der Waals surface area contributed by atoms with Crippen molar-refractivity contribution in [1.82, 2.24) is 4.98 Å². The first-order valence-electron chi connectivity index (χ1n) is 6.90. The standard InChI is InChI=1S/C17H23NO/c1-17(2,3)14-8-6-13(7-9-14)15-10-11-18-16(15)5-4-12-19/h6-11,18-19H,4-5,12H2,1-3H3. The summed E-state index contributed by atoms with van der Waals surface area (Å²) in [4.78, 5) is 3.27. The van der Waals surface area contributed by atoms with Crippen molar-refractivity contribution >= 4 is 0 Å². The number of aromatic nitrogens is 1. The normalized spacial score (nSPS) is 11.8. The number of aromatic amines is 1. The highest BCUT2D eigenvalue weighted by Crippen LogP contribution is 2.28. The smallest absolute Gasteiger partial charge is 0.0434 e. The maximum atomic E-state index is 8.94. The van der Waals surface area contributed by atoms with E-state index in [9.17, 15) is 0 Å². The van der Waals surface area contributed by atoms with Crippen molar-refractivity contribution in [2.45, 2.75) is 39.0 Å². The van der Waals surface area contributed by atoms with E-state index in [1.165, 1.54) is 22.4 Å². The van der Waals surface area contributed by atoms with Crippen molar-refractivity contribution in [3.63, 3.8) is 0 Å². The highest BCUT2D eigenvalue weighted by molar-refractivity contribution is 5.66. The largest absolute Gasteiger partial charge is 0.396 e. The predicted molar refractivity (Wildman–Crippen MR) is 80.3 cm³/mol. The van der Waals surface area contributed by atoms with Gasteiger partial charge in [-0.2, -0.15) is 0 Å². The van der Waals surface area contributed by atoms with Gasteiger partial charge in [-0.25, -0.2) is 0 Å². The van der Waals surface area contributed by atoms with Crippen LogP contribution >= 0.6 is 0 Å². The van der Waals surface area contributed by atoms with Crippen molar-refractivity contribution < 1.29 is 5.11 Å². The van der Waals surface area contributed by atoms with Gasteiger partial charge in [0.05, 0.1) is 0 Å². The Morgan fingerprint density at radius 1 is 1.05 bits per heavy atom. The summed E-state index contributed by atoms with van der Waals surface area (Å²) in [6.45, 7) is 6.92. The number of rotatable bonds is 4. The maximum absolute atomic E-state index is 8.94. The molecular formula is C17H23NO. The number of H-pyrrole nitrogens is 1. The average molecular weight is 257 g/mol. The summed E-state index contributed by atoms with van der Waals surface area (Å²) in [6, 6.07) is 10.9. The van der Waals surface area contributed by atoms with E-state index in [-0.39, 0.29) is 12.0 Å². The van der Waals surface area contributed by atoms with Crippen LogP contribution in [0.25, 0.3) is 11.1 Å². The molecule has 0 aliphatic carbocycles. The van der Waals surface area contributed by atoms with Crippen LogP contribution in [-0.2, 0) is 11.8 Å². The van der Waals surface area contributed by atoms with Crippen molar-refractivity contribution in [3.05, 3.63) is 47.8 Å². The minimum absolute atomic E-state index is 0.191. The van der Waals surface area contributed by atoms with Crippen LogP contribution in [0.4, 0.5) is 0 Å². The van der Waals surface area contributed by atoms with Gasteiger partial charge in [-0.3, -0.25) is 0 Å².